The van der Waals surface area contributed by atoms with Crippen LogP contribution in [0, 0.1) is 6.92 Å². The van der Waals surface area contributed by atoms with Crippen LogP contribution >= 0.6 is 0 Å². The number of carbonyl (C=O) groups excluding carboxylic acids is 1. The molecule has 1 unspecified atom stereocenters. The minimum absolute atomic E-state index is 0.00521. The summed E-state index contributed by atoms with van der Waals surface area (Å²) in [5.74, 6) is 0.823. The van der Waals surface area contributed by atoms with Crippen LogP contribution in [0.1, 0.15) is 37.3 Å². The number of aromatic nitrogens is 4. The minimum Gasteiger partial charge on any atom is -0.333 e. The Bertz CT molecular complexity index is 678. The van der Waals surface area contributed by atoms with E-state index in [-0.39, 0.29) is 11.9 Å². The number of nitrogens with zero attached hydrogens (tertiary/aromatic N) is 5. The smallest absolute Gasteiger partial charge is 0.220 e. The fourth-order valence-corrected chi connectivity index (χ4v) is 2.91. The van der Waals surface area contributed by atoms with E-state index in [0.29, 0.717) is 0 Å². The molecular formula is C15H19N5O. The van der Waals surface area contributed by atoms with Crippen LogP contribution < -0.4 is 0 Å². The van der Waals surface area contributed by atoms with Crippen molar-refractivity contribution in [3.05, 3.63) is 29.8 Å². The molecule has 1 fully saturated rings. The molecule has 0 bridgehead atoms. The van der Waals surface area contributed by atoms with Crippen LogP contribution in [0.15, 0.2) is 18.3 Å². The zero-order chi connectivity index (χ0) is 15.0. The molecule has 3 rings (SSSR count). The molecule has 110 valence electrons. The second-order valence-corrected chi connectivity index (χ2v) is 5.46. The quantitative estimate of drug-likeness (QED) is 0.845. The largest absolute Gasteiger partial charge is 0.333 e. The van der Waals surface area contributed by atoms with E-state index in [4.69, 9.17) is 0 Å². The van der Waals surface area contributed by atoms with Gasteiger partial charge in [-0.05, 0) is 31.9 Å². The van der Waals surface area contributed by atoms with Crippen LogP contribution in [0.2, 0.25) is 0 Å². The molecule has 0 N–H and O–H groups in total. The Kier molecular flexibility index (Phi) is 3.45. The molecule has 2 aromatic rings. The highest BCUT2D eigenvalue weighted by Gasteiger charge is 2.30. The number of rotatable bonds is 2. The molecule has 0 aliphatic carbocycles. The van der Waals surface area contributed by atoms with E-state index in [1.54, 1.807) is 17.8 Å². The third kappa shape index (κ3) is 2.53. The van der Waals surface area contributed by atoms with Gasteiger partial charge in [-0.2, -0.15) is 5.10 Å². The van der Waals surface area contributed by atoms with E-state index < -0.39 is 0 Å². The van der Waals surface area contributed by atoms with Gasteiger partial charge in [-0.1, -0.05) is 0 Å². The first-order valence-electron chi connectivity index (χ1n) is 7.17. The number of likely N-dealkylation sites (tertiary alicyclic amines) is 1. The third-order valence-electron chi connectivity index (χ3n) is 3.91. The van der Waals surface area contributed by atoms with Crippen molar-refractivity contribution in [2.75, 3.05) is 6.54 Å². The van der Waals surface area contributed by atoms with Crippen molar-refractivity contribution in [2.24, 2.45) is 7.05 Å². The highest BCUT2D eigenvalue weighted by atomic mass is 16.2. The standard InChI is InChI=1S/C15H19N5O/c1-10-9-12(13-6-7-16-19(13)3)18-15(17-10)14-5-4-8-20(14)11(2)21/h6-7,9,14H,4-5,8H2,1-3H3. The van der Waals surface area contributed by atoms with Gasteiger partial charge in [0.15, 0.2) is 5.82 Å². The number of carbonyl (C=O) groups is 1. The van der Waals surface area contributed by atoms with Crippen molar-refractivity contribution in [3.63, 3.8) is 0 Å². The Hall–Kier alpha value is -2.24. The van der Waals surface area contributed by atoms with Gasteiger partial charge in [0.25, 0.3) is 0 Å². The van der Waals surface area contributed by atoms with E-state index in [0.717, 1.165) is 42.3 Å². The molecule has 3 heterocycles. The lowest BCUT2D eigenvalue weighted by Crippen LogP contribution is -2.29. The van der Waals surface area contributed by atoms with E-state index >= 15 is 0 Å². The first-order chi connectivity index (χ1) is 10.1. The zero-order valence-corrected chi connectivity index (χ0v) is 12.6. The van der Waals surface area contributed by atoms with Gasteiger partial charge >= 0.3 is 0 Å². The maximum atomic E-state index is 11.7. The summed E-state index contributed by atoms with van der Waals surface area (Å²) in [6.07, 6.45) is 3.68. The first-order valence-corrected chi connectivity index (χ1v) is 7.17. The number of hydrogen-bond acceptors (Lipinski definition) is 4. The summed E-state index contributed by atoms with van der Waals surface area (Å²) in [5.41, 5.74) is 2.72. The molecule has 1 atom stereocenters. The van der Waals surface area contributed by atoms with Crippen LogP contribution in [0.25, 0.3) is 11.4 Å². The Morgan fingerprint density at radius 3 is 2.86 bits per heavy atom. The summed E-state index contributed by atoms with van der Waals surface area (Å²) in [6.45, 7) is 4.35. The van der Waals surface area contributed by atoms with Crippen LogP contribution in [0.3, 0.4) is 0 Å². The van der Waals surface area contributed by atoms with Crippen molar-refractivity contribution >= 4 is 5.91 Å². The number of hydrogen-bond donors (Lipinski definition) is 0. The molecule has 6 heteroatoms. The van der Waals surface area contributed by atoms with Gasteiger partial charge in [0.1, 0.15) is 0 Å². The third-order valence-corrected chi connectivity index (χ3v) is 3.91. The summed E-state index contributed by atoms with van der Waals surface area (Å²) in [7, 11) is 1.89. The molecule has 0 radical (unpaired) electrons. The van der Waals surface area contributed by atoms with E-state index in [1.807, 2.05) is 31.0 Å². The van der Waals surface area contributed by atoms with Crippen LogP contribution in [-0.2, 0) is 11.8 Å². The lowest BCUT2D eigenvalue weighted by atomic mass is 10.2. The molecule has 1 aliphatic rings. The Morgan fingerprint density at radius 2 is 2.19 bits per heavy atom. The summed E-state index contributed by atoms with van der Waals surface area (Å²) in [5, 5.41) is 4.18. The zero-order valence-electron chi connectivity index (χ0n) is 12.6. The monoisotopic (exact) mass is 285 g/mol. The Morgan fingerprint density at radius 1 is 1.38 bits per heavy atom. The average molecular weight is 285 g/mol. The number of aryl methyl sites for hydroxylation is 2. The molecule has 0 aromatic carbocycles. The fraction of sp³-hybridized carbons (Fsp3) is 0.467. The van der Waals surface area contributed by atoms with Crippen molar-refractivity contribution in [1.82, 2.24) is 24.6 Å². The van der Waals surface area contributed by atoms with Crippen LogP contribution in [0.4, 0.5) is 0 Å². The predicted octanol–water partition coefficient (Wildman–Crippen LogP) is 1.87. The summed E-state index contributed by atoms with van der Waals surface area (Å²) in [6, 6.07) is 3.88. The molecule has 2 aromatic heterocycles. The summed E-state index contributed by atoms with van der Waals surface area (Å²) >= 11 is 0. The minimum atomic E-state index is -0.00521. The van der Waals surface area contributed by atoms with Gasteiger partial charge in [0, 0.05) is 32.4 Å². The van der Waals surface area contributed by atoms with Gasteiger partial charge in [-0.25, -0.2) is 9.97 Å². The lowest BCUT2D eigenvalue weighted by Gasteiger charge is -2.22. The molecule has 0 saturated carbocycles. The van der Waals surface area contributed by atoms with Crippen molar-refractivity contribution < 1.29 is 4.79 Å². The predicted molar refractivity (Wildman–Crippen MR) is 78.3 cm³/mol. The van der Waals surface area contributed by atoms with E-state index in [9.17, 15) is 4.79 Å². The maximum Gasteiger partial charge on any atom is 0.220 e. The van der Waals surface area contributed by atoms with Crippen molar-refractivity contribution in [2.45, 2.75) is 32.7 Å². The summed E-state index contributed by atoms with van der Waals surface area (Å²) < 4.78 is 1.79. The highest BCUT2D eigenvalue weighted by molar-refractivity contribution is 5.74. The topological polar surface area (TPSA) is 63.9 Å². The van der Waals surface area contributed by atoms with Crippen LogP contribution in [-0.4, -0.2) is 37.1 Å². The van der Waals surface area contributed by atoms with Crippen molar-refractivity contribution in [1.29, 1.82) is 0 Å². The average Bonchev–Trinajstić information content (AvgIpc) is 3.06. The lowest BCUT2D eigenvalue weighted by molar-refractivity contribution is -0.129. The molecule has 1 amide bonds. The van der Waals surface area contributed by atoms with Gasteiger partial charge in [0.2, 0.25) is 5.91 Å². The van der Waals surface area contributed by atoms with E-state index in [2.05, 4.69) is 15.1 Å². The van der Waals surface area contributed by atoms with Gasteiger partial charge in [-0.15, -0.1) is 0 Å². The Balaban J connectivity index is 2.02. The van der Waals surface area contributed by atoms with Gasteiger partial charge in [0.05, 0.1) is 17.4 Å². The highest BCUT2D eigenvalue weighted by Crippen LogP contribution is 2.31. The Labute approximate surface area is 123 Å². The number of amides is 1. The van der Waals surface area contributed by atoms with Crippen LogP contribution in [0.5, 0.6) is 0 Å². The summed E-state index contributed by atoms with van der Waals surface area (Å²) in [4.78, 5) is 22.8. The second kappa shape index (κ2) is 5.27. The van der Waals surface area contributed by atoms with Crippen molar-refractivity contribution in [3.8, 4) is 11.4 Å². The second-order valence-electron chi connectivity index (χ2n) is 5.46. The maximum absolute atomic E-state index is 11.7. The molecule has 1 saturated heterocycles. The SMILES string of the molecule is CC(=O)N1CCCC1c1nc(C)cc(-c2ccnn2C)n1. The van der Waals surface area contributed by atoms with Gasteiger partial charge in [-0.3, -0.25) is 9.48 Å². The molecule has 0 spiro atoms. The molecular weight excluding hydrogens is 266 g/mol. The molecule has 21 heavy (non-hydrogen) atoms. The molecule has 1 aliphatic heterocycles. The first kappa shape index (κ1) is 13.7. The van der Waals surface area contributed by atoms with E-state index in [1.165, 1.54) is 0 Å². The molecule has 6 nitrogen and oxygen atoms in total. The normalized spacial score (nSPS) is 18.2. The fourth-order valence-electron chi connectivity index (χ4n) is 2.91. The van der Waals surface area contributed by atoms with Gasteiger partial charge < -0.3 is 4.90 Å².